The summed E-state index contributed by atoms with van der Waals surface area (Å²) in [5, 5.41) is 9.68. The van der Waals surface area contributed by atoms with Crippen LogP contribution in [-0.2, 0) is 0 Å². The Labute approximate surface area is 86.4 Å². The summed E-state index contributed by atoms with van der Waals surface area (Å²) in [4.78, 5) is 10.8. The second-order valence-corrected chi connectivity index (χ2v) is 3.62. The average Bonchev–Trinajstić information content (AvgIpc) is 2.51. The zero-order valence-electron chi connectivity index (χ0n) is 6.21. The minimum Gasteiger partial charge on any atom is -0.276 e. The highest BCUT2D eigenvalue weighted by Gasteiger charge is 2.09. The van der Waals surface area contributed by atoms with Crippen molar-refractivity contribution in [1.82, 2.24) is 15.4 Å². The molecule has 0 atom stereocenters. The summed E-state index contributed by atoms with van der Waals surface area (Å²) >= 11 is 8.59. The second kappa shape index (κ2) is 3.08. The molecule has 6 heteroatoms. The van der Waals surface area contributed by atoms with E-state index in [-0.39, 0.29) is 0 Å². The van der Waals surface area contributed by atoms with Crippen LogP contribution in [0, 0.1) is 0 Å². The van der Waals surface area contributed by atoms with E-state index in [1.165, 1.54) is 0 Å². The molecule has 0 spiro atoms. The zero-order chi connectivity index (χ0) is 9.42. The molecule has 0 radical (unpaired) electrons. The largest absolute Gasteiger partial charge is 0.276 e. The van der Waals surface area contributed by atoms with Gasteiger partial charge in [0.05, 0.1) is 0 Å². The van der Waals surface area contributed by atoms with Gasteiger partial charge in [0.15, 0.2) is 0 Å². The minimum absolute atomic E-state index is 0.398. The SMILES string of the molecule is O=C(Cl)c1cc(Br)c2n[nH]nc2c1. The summed E-state index contributed by atoms with van der Waals surface area (Å²) in [6.45, 7) is 0. The Balaban J connectivity index is 2.77. The van der Waals surface area contributed by atoms with E-state index in [9.17, 15) is 4.79 Å². The molecule has 0 saturated heterocycles. The molecule has 0 saturated carbocycles. The molecule has 0 unspecified atom stereocenters. The number of aromatic amines is 1. The Hall–Kier alpha value is -0.940. The first-order valence-electron chi connectivity index (χ1n) is 3.38. The standard InChI is InChI=1S/C7H3BrClN3O/c8-4-1-3(7(9)13)2-5-6(4)11-12-10-5/h1-2H,(H,10,11,12). The van der Waals surface area contributed by atoms with E-state index in [1.54, 1.807) is 12.1 Å². The molecule has 0 aliphatic rings. The van der Waals surface area contributed by atoms with Gasteiger partial charge in [0.2, 0.25) is 0 Å². The molecule has 1 heterocycles. The van der Waals surface area contributed by atoms with Crippen molar-refractivity contribution >= 4 is 43.8 Å². The normalized spacial score (nSPS) is 10.6. The lowest BCUT2D eigenvalue weighted by molar-refractivity contribution is 0.108. The number of aromatic nitrogens is 3. The van der Waals surface area contributed by atoms with Gasteiger partial charge in [-0.15, -0.1) is 0 Å². The Kier molecular flexibility index (Phi) is 2.05. The summed E-state index contributed by atoms with van der Waals surface area (Å²) < 4.78 is 0.697. The van der Waals surface area contributed by atoms with Gasteiger partial charge >= 0.3 is 0 Å². The van der Waals surface area contributed by atoms with Crippen molar-refractivity contribution in [1.29, 1.82) is 0 Å². The molecule has 4 nitrogen and oxygen atoms in total. The van der Waals surface area contributed by atoms with E-state index in [0.29, 0.717) is 21.1 Å². The highest BCUT2D eigenvalue weighted by Crippen LogP contribution is 2.22. The van der Waals surface area contributed by atoms with Crippen LogP contribution in [0.3, 0.4) is 0 Å². The lowest BCUT2D eigenvalue weighted by atomic mass is 10.2. The molecule has 0 aliphatic heterocycles. The maximum absolute atomic E-state index is 10.8. The smallest absolute Gasteiger partial charge is 0.252 e. The number of hydrogen-bond acceptors (Lipinski definition) is 3. The van der Waals surface area contributed by atoms with Crippen LogP contribution in [-0.4, -0.2) is 20.7 Å². The molecule has 2 rings (SSSR count). The van der Waals surface area contributed by atoms with E-state index >= 15 is 0 Å². The fourth-order valence-electron chi connectivity index (χ4n) is 1.02. The first kappa shape index (κ1) is 8.65. The van der Waals surface area contributed by atoms with Crippen molar-refractivity contribution in [3.63, 3.8) is 0 Å². The highest BCUT2D eigenvalue weighted by molar-refractivity contribution is 9.10. The van der Waals surface area contributed by atoms with Crippen LogP contribution in [0.2, 0.25) is 0 Å². The molecule has 13 heavy (non-hydrogen) atoms. The maximum Gasteiger partial charge on any atom is 0.252 e. The van der Waals surface area contributed by atoms with Crippen molar-refractivity contribution in [3.8, 4) is 0 Å². The van der Waals surface area contributed by atoms with Crippen LogP contribution in [0.25, 0.3) is 11.0 Å². The first-order valence-corrected chi connectivity index (χ1v) is 4.55. The molecule has 0 amide bonds. The summed E-state index contributed by atoms with van der Waals surface area (Å²) in [6, 6.07) is 3.19. The van der Waals surface area contributed by atoms with Gasteiger partial charge in [0.1, 0.15) is 11.0 Å². The van der Waals surface area contributed by atoms with Gasteiger partial charge in [-0.2, -0.15) is 15.4 Å². The number of carbonyl (C=O) groups is 1. The Morgan fingerprint density at radius 1 is 1.46 bits per heavy atom. The lowest BCUT2D eigenvalue weighted by Crippen LogP contribution is -1.88. The van der Waals surface area contributed by atoms with Crippen molar-refractivity contribution in [3.05, 3.63) is 22.2 Å². The molecule has 1 aromatic carbocycles. The Morgan fingerprint density at radius 3 is 2.92 bits per heavy atom. The zero-order valence-corrected chi connectivity index (χ0v) is 8.56. The van der Waals surface area contributed by atoms with Gasteiger partial charge in [-0.3, -0.25) is 4.79 Å². The number of nitrogens with zero attached hydrogens (tertiary/aromatic N) is 2. The van der Waals surface area contributed by atoms with E-state index in [0.717, 1.165) is 0 Å². The van der Waals surface area contributed by atoms with Crippen LogP contribution >= 0.6 is 27.5 Å². The summed E-state index contributed by atoms with van der Waals surface area (Å²) in [6.07, 6.45) is 0. The Morgan fingerprint density at radius 2 is 2.23 bits per heavy atom. The van der Waals surface area contributed by atoms with Crippen molar-refractivity contribution in [2.24, 2.45) is 0 Å². The third kappa shape index (κ3) is 1.45. The number of carbonyl (C=O) groups excluding carboxylic acids is 1. The number of nitrogens with one attached hydrogen (secondary N) is 1. The van der Waals surface area contributed by atoms with Crippen LogP contribution in [0.4, 0.5) is 0 Å². The van der Waals surface area contributed by atoms with Crippen LogP contribution in [0.1, 0.15) is 10.4 Å². The van der Waals surface area contributed by atoms with E-state index in [1.807, 2.05) is 0 Å². The summed E-state index contributed by atoms with van der Waals surface area (Å²) in [5.74, 6) is 0. The highest BCUT2D eigenvalue weighted by atomic mass is 79.9. The van der Waals surface area contributed by atoms with Crippen LogP contribution < -0.4 is 0 Å². The number of rotatable bonds is 1. The minimum atomic E-state index is -0.509. The molecule has 1 aromatic heterocycles. The second-order valence-electron chi connectivity index (χ2n) is 2.42. The molecular weight excluding hydrogens is 257 g/mol. The van der Waals surface area contributed by atoms with Gasteiger partial charge < -0.3 is 0 Å². The van der Waals surface area contributed by atoms with Gasteiger partial charge in [-0.05, 0) is 39.7 Å². The van der Waals surface area contributed by atoms with Crippen molar-refractivity contribution in [2.75, 3.05) is 0 Å². The fraction of sp³-hybridized carbons (Fsp3) is 0. The van der Waals surface area contributed by atoms with Gasteiger partial charge in [0, 0.05) is 10.0 Å². The average molecular weight is 260 g/mol. The number of H-pyrrole nitrogens is 1. The topological polar surface area (TPSA) is 58.6 Å². The van der Waals surface area contributed by atoms with Crippen molar-refractivity contribution in [2.45, 2.75) is 0 Å². The number of fused-ring (bicyclic) bond motifs is 1. The monoisotopic (exact) mass is 259 g/mol. The summed E-state index contributed by atoms with van der Waals surface area (Å²) in [7, 11) is 0. The molecule has 1 N–H and O–H groups in total. The molecular formula is C7H3BrClN3O. The molecule has 66 valence electrons. The third-order valence-electron chi connectivity index (χ3n) is 1.60. The van der Waals surface area contributed by atoms with E-state index in [2.05, 4.69) is 31.3 Å². The first-order chi connectivity index (χ1) is 6.18. The van der Waals surface area contributed by atoms with Crippen molar-refractivity contribution < 1.29 is 4.79 Å². The van der Waals surface area contributed by atoms with E-state index < -0.39 is 5.24 Å². The number of hydrogen-bond donors (Lipinski definition) is 1. The number of benzene rings is 1. The number of halogens is 2. The maximum atomic E-state index is 10.8. The molecule has 0 aliphatic carbocycles. The lowest BCUT2D eigenvalue weighted by Gasteiger charge is -1.94. The third-order valence-corrected chi connectivity index (χ3v) is 2.43. The van der Waals surface area contributed by atoms with Gasteiger partial charge in [-0.1, -0.05) is 0 Å². The predicted molar refractivity (Wildman–Crippen MR) is 51.8 cm³/mol. The van der Waals surface area contributed by atoms with Gasteiger partial charge in [0.25, 0.3) is 5.24 Å². The summed E-state index contributed by atoms with van der Waals surface area (Å²) in [5.41, 5.74) is 1.69. The quantitative estimate of drug-likeness (QED) is 0.799. The predicted octanol–water partition coefficient (Wildman–Crippen LogP) is 2.10. The fourth-order valence-corrected chi connectivity index (χ4v) is 1.67. The van der Waals surface area contributed by atoms with Crippen LogP contribution in [0.5, 0.6) is 0 Å². The molecule has 0 bridgehead atoms. The van der Waals surface area contributed by atoms with Gasteiger partial charge in [-0.25, -0.2) is 0 Å². The molecule has 0 fully saturated rings. The molecule has 2 aromatic rings. The Bertz CT molecular complexity index is 482. The van der Waals surface area contributed by atoms with Crippen LogP contribution in [0.15, 0.2) is 16.6 Å². The van der Waals surface area contributed by atoms with E-state index in [4.69, 9.17) is 11.6 Å².